The van der Waals surface area contributed by atoms with Gasteiger partial charge < -0.3 is 17.7 Å². The highest BCUT2D eigenvalue weighted by molar-refractivity contribution is 6.75. The second-order valence-corrected chi connectivity index (χ2v) is 25.9. The molecule has 2 aromatic carbocycles. The van der Waals surface area contributed by atoms with E-state index < -0.39 is 16.6 Å². The smallest absolute Gasteiger partial charge is 0.340 e. The van der Waals surface area contributed by atoms with Crippen molar-refractivity contribution in [1.29, 1.82) is 0 Å². The molecule has 4 rings (SSSR count). The first kappa shape index (κ1) is 42.3. The first-order valence-electron chi connectivity index (χ1n) is 18.2. The molecule has 0 spiro atoms. The van der Waals surface area contributed by atoms with E-state index in [-0.39, 0.29) is 27.2 Å². The Morgan fingerprint density at radius 2 is 1.17 bits per heavy atom. The summed E-state index contributed by atoms with van der Waals surface area (Å²) in [5.74, 6) is 1.69. The fourth-order valence-electron chi connectivity index (χ4n) is 5.45. The average Bonchev–Trinajstić information content (AvgIpc) is 3.03. The molecule has 0 unspecified atom stereocenters. The van der Waals surface area contributed by atoms with Gasteiger partial charge in [0.15, 0.2) is 0 Å². The molecule has 52 heavy (non-hydrogen) atoms. The summed E-state index contributed by atoms with van der Waals surface area (Å²) in [6, 6.07) is 13.3. The van der Waals surface area contributed by atoms with Crippen LogP contribution in [0.4, 0.5) is 0 Å². The summed E-state index contributed by atoms with van der Waals surface area (Å²) in [4.78, 5) is 24.6. The van der Waals surface area contributed by atoms with Crippen LogP contribution < -0.4 is 20.1 Å². The van der Waals surface area contributed by atoms with Gasteiger partial charge in [0.25, 0.3) is 0 Å². The number of fused-ring (bicyclic) bond motifs is 2. The predicted molar refractivity (Wildman–Crippen MR) is 225 cm³/mol. The Morgan fingerprint density at radius 3 is 1.63 bits per heavy atom. The lowest BCUT2D eigenvalue weighted by molar-refractivity contribution is 0.489. The van der Waals surface area contributed by atoms with E-state index in [4.69, 9.17) is 17.7 Å². The van der Waals surface area contributed by atoms with Crippen molar-refractivity contribution in [1.82, 2.24) is 0 Å². The van der Waals surface area contributed by atoms with E-state index in [1.165, 1.54) is 0 Å². The van der Waals surface area contributed by atoms with Crippen molar-refractivity contribution in [2.45, 2.75) is 116 Å². The van der Waals surface area contributed by atoms with E-state index in [2.05, 4.69) is 94.0 Å². The maximum absolute atomic E-state index is 12.5. The van der Waals surface area contributed by atoms with Crippen LogP contribution in [0.2, 0.25) is 36.3 Å². The van der Waals surface area contributed by atoms with Gasteiger partial charge >= 0.3 is 11.3 Å². The van der Waals surface area contributed by atoms with E-state index in [0.717, 1.165) is 59.1 Å². The summed E-state index contributed by atoms with van der Waals surface area (Å²) in [6.07, 6.45) is 11.0. The average molecular weight is 741 g/mol. The summed E-state index contributed by atoms with van der Waals surface area (Å²) in [6.45, 7) is 37.3. The molecule has 0 saturated carbocycles. The van der Waals surface area contributed by atoms with Gasteiger partial charge in [0.05, 0.1) is 0 Å². The van der Waals surface area contributed by atoms with E-state index in [1.54, 1.807) is 12.1 Å². The molecule has 2 aromatic heterocycles. The highest BCUT2D eigenvalue weighted by atomic mass is 28.4. The van der Waals surface area contributed by atoms with Crippen LogP contribution >= 0.6 is 0 Å². The van der Waals surface area contributed by atoms with Gasteiger partial charge in [-0.2, -0.15) is 0 Å². The topological polar surface area (TPSA) is 78.9 Å². The van der Waals surface area contributed by atoms with E-state index in [1.807, 2.05) is 54.6 Å². The molecule has 0 bridgehead atoms. The first-order chi connectivity index (χ1) is 24.2. The molecule has 8 heteroatoms. The largest absolute Gasteiger partial charge is 0.543 e. The SMILES string of the molecule is C=CCC(CC=C)c1cc(=O)oc2cc(O[Si](C)(C)C(C)(C)C)ccc12.C=CCCc1c(CC=C)c(=O)oc2cc(O[Si](C)(C)C(C)(C)C)ccc12. The molecule has 0 aliphatic rings. The summed E-state index contributed by atoms with van der Waals surface area (Å²) < 4.78 is 23.8. The number of allylic oxidation sites excluding steroid dienone is 4. The van der Waals surface area contributed by atoms with Crippen LogP contribution in [0.1, 0.15) is 83.4 Å². The van der Waals surface area contributed by atoms with Gasteiger partial charge in [-0.1, -0.05) is 65.8 Å². The van der Waals surface area contributed by atoms with Crippen LogP contribution in [-0.2, 0) is 12.8 Å². The zero-order chi connectivity index (χ0) is 39.1. The highest BCUT2D eigenvalue weighted by Gasteiger charge is 2.40. The Morgan fingerprint density at radius 1 is 0.673 bits per heavy atom. The van der Waals surface area contributed by atoms with Crippen molar-refractivity contribution < 1.29 is 17.7 Å². The lowest BCUT2D eigenvalue weighted by Crippen LogP contribution is -2.43. The minimum Gasteiger partial charge on any atom is -0.543 e. The minimum atomic E-state index is -1.95. The maximum atomic E-state index is 12.5. The molecule has 0 aliphatic heterocycles. The van der Waals surface area contributed by atoms with Gasteiger partial charge in [0, 0.05) is 34.5 Å². The summed E-state index contributed by atoms with van der Waals surface area (Å²) in [7, 11) is -3.90. The first-order valence-corrected chi connectivity index (χ1v) is 24.0. The summed E-state index contributed by atoms with van der Waals surface area (Å²) in [5.41, 5.74) is 3.22. The third-order valence-electron chi connectivity index (χ3n) is 10.5. The lowest BCUT2D eigenvalue weighted by Gasteiger charge is -2.36. The van der Waals surface area contributed by atoms with Crippen molar-refractivity contribution in [2.24, 2.45) is 0 Å². The molecule has 280 valence electrons. The second-order valence-electron chi connectivity index (χ2n) is 16.5. The molecule has 0 radical (unpaired) electrons. The molecule has 0 saturated heterocycles. The molecule has 2 heterocycles. The fourth-order valence-corrected chi connectivity index (χ4v) is 7.49. The van der Waals surface area contributed by atoms with Crippen LogP contribution in [0.3, 0.4) is 0 Å². The van der Waals surface area contributed by atoms with Gasteiger partial charge in [-0.15, -0.1) is 26.3 Å². The number of rotatable bonds is 14. The molecule has 6 nitrogen and oxygen atoms in total. The lowest BCUT2D eigenvalue weighted by atomic mass is 9.90. The minimum absolute atomic E-state index is 0.101. The predicted octanol–water partition coefficient (Wildman–Crippen LogP) is 12.4. The third-order valence-corrected chi connectivity index (χ3v) is 19.2. The fraction of sp³-hybridized carbons (Fsp3) is 0.409. The van der Waals surface area contributed by atoms with Crippen LogP contribution in [-0.4, -0.2) is 16.6 Å². The Balaban J connectivity index is 0.000000280. The van der Waals surface area contributed by atoms with Gasteiger partial charge in [0.1, 0.15) is 22.7 Å². The van der Waals surface area contributed by atoms with Gasteiger partial charge in [0.2, 0.25) is 16.6 Å². The zero-order valence-electron chi connectivity index (χ0n) is 33.2. The number of hydrogen-bond acceptors (Lipinski definition) is 6. The third kappa shape index (κ3) is 10.3. The van der Waals surface area contributed by atoms with Crippen molar-refractivity contribution in [3.05, 3.63) is 131 Å². The van der Waals surface area contributed by atoms with E-state index in [0.29, 0.717) is 23.2 Å². The second kappa shape index (κ2) is 17.1. The van der Waals surface area contributed by atoms with Crippen molar-refractivity contribution in [3.63, 3.8) is 0 Å². The van der Waals surface area contributed by atoms with Crippen LogP contribution in [0, 0.1) is 0 Å². The Kier molecular flexibility index (Phi) is 13.9. The standard InChI is InChI=1S/2C22H30O3Si/c1-8-10-16(11-9-2)19-15-21(23)24-20-14-17(12-13-18(19)20)25-26(6,7)22(3,4)5;1-8-10-12-17-18-14-13-16(25-26(6,7)22(3,4)5)15-20(18)24-21(23)19(17)11-9-2/h8-9,12-16H,1-2,10-11H2,3-7H3;8-9,13-15H,1-2,10-12H2,3-7H3. The normalized spacial score (nSPS) is 12.3. The van der Waals surface area contributed by atoms with Gasteiger partial charge in [-0.05, 0) is 110 Å². The highest BCUT2D eigenvalue weighted by Crippen LogP contribution is 2.40. The molecule has 0 amide bonds. The molecular formula is C44H60O6Si2. The van der Waals surface area contributed by atoms with Crippen molar-refractivity contribution in [3.8, 4) is 11.5 Å². The molecule has 0 fully saturated rings. The Labute approximate surface area is 313 Å². The molecular weight excluding hydrogens is 681 g/mol. The Hall–Kier alpha value is -4.15. The summed E-state index contributed by atoms with van der Waals surface area (Å²) >= 11 is 0. The van der Waals surface area contributed by atoms with Crippen LogP contribution in [0.5, 0.6) is 11.5 Å². The monoisotopic (exact) mass is 740 g/mol. The van der Waals surface area contributed by atoms with Crippen LogP contribution in [0.25, 0.3) is 21.9 Å². The summed E-state index contributed by atoms with van der Waals surface area (Å²) in [5, 5.41) is 2.11. The van der Waals surface area contributed by atoms with Crippen LogP contribution in [0.15, 0.2) is 112 Å². The molecule has 0 aliphatic carbocycles. The number of hydrogen-bond donors (Lipinski definition) is 0. The van der Waals surface area contributed by atoms with Gasteiger partial charge in [-0.3, -0.25) is 0 Å². The van der Waals surface area contributed by atoms with Crippen molar-refractivity contribution in [2.75, 3.05) is 0 Å². The van der Waals surface area contributed by atoms with Crippen molar-refractivity contribution >= 4 is 38.6 Å². The zero-order valence-corrected chi connectivity index (χ0v) is 35.2. The molecule has 0 N–H and O–H groups in total. The maximum Gasteiger partial charge on any atom is 0.340 e. The number of benzene rings is 2. The molecule has 0 atom stereocenters. The molecule has 4 aromatic rings. The number of aryl methyl sites for hydroxylation is 1. The van der Waals surface area contributed by atoms with E-state index in [9.17, 15) is 9.59 Å². The Bertz CT molecular complexity index is 2010. The quantitative estimate of drug-likeness (QED) is 0.0727. The van der Waals surface area contributed by atoms with E-state index >= 15 is 0 Å². The van der Waals surface area contributed by atoms with Gasteiger partial charge in [-0.25, -0.2) is 9.59 Å².